The number of hydrogen-bond acceptors (Lipinski definition) is 7. The molecule has 7 nitrogen and oxygen atoms in total. The van der Waals surface area contributed by atoms with Crippen LogP contribution in [0.15, 0.2) is 92.3 Å². The van der Waals surface area contributed by atoms with Crippen LogP contribution in [0.1, 0.15) is 36.6 Å². The number of carbonyl (C=O) groups is 1. The maximum absolute atomic E-state index is 13.9. The molecular weight excluding hydrogens is 628 g/mol. The SMILES string of the molecule is CCOC(=O)C1=C(C)N=c2s/c(=C\c3cc(Br)c(OCc4ccc(Cl)cc4)c(OC)c3)c(=O)n2C1c1ccccc1. The second-order valence-corrected chi connectivity index (χ2v) is 11.5. The van der Waals surface area contributed by atoms with E-state index in [1.807, 2.05) is 66.7 Å². The van der Waals surface area contributed by atoms with E-state index in [1.54, 1.807) is 31.6 Å². The van der Waals surface area contributed by atoms with Gasteiger partial charge in [-0.1, -0.05) is 65.4 Å². The van der Waals surface area contributed by atoms with Crippen molar-refractivity contribution in [3.05, 3.63) is 124 Å². The fourth-order valence-corrected chi connectivity index (χ4v) is 6.34. The van der Waals surface area contributed by atoms with Crippen LogP contribution in [0, 0.1) is 0 Å². The number of nitrogens with zero attached hydrogens (tertiary/aromatic N) is 2. The smallest absolute Gasteiger partial charge is 0.338 e. The Morgan fingerprint density at radius 1 is 1.15 bits per heavy atom. The molecule has 0 aliphatic carbocycles. The zero-order valence-corrected chi connectivity index (χ0v) is 25.7. The first-order valence-corrected chi connectivity index (χ1v) is 14.8. The van der Waals surface area contributed by atoms with Crippen LogP contribution in [0.4, 0.5) is 0 Å². The van der Waals surface area contributed by atoms with Gasteiger partial charge in [0.25, 0.3) is 5.56 Å². The Balaban J connectivity index is 1.56. The van der Waals surface area contributed by atoms with Gasteiger partial charge < -0.3 is 14.2 Å². The quantitative estimate of drug-likeness (QED) is 0.225. The Bertz CT molecular complexity index is 1810. The molecule has 4 aromatic rings. The van der Waals surface area contributed by atoms with Crippen LogP contribution in [0.5, 0.6) is 11.5 Å². The monoisotopic (exact) mass is 652 g/mol. The normalized spacial score (nSPS) is 14.9. The third-order valence-electron chi connectivity index (χ3n) is 6.48. The third kappa shape index (κ3) is 6.02. The Labute approximate surface area is 254 Å². The van der Waals surface area contributed by atoms with Crippen molar-refractivity contribution >= 4 is 50.9 Å². The molecule has 0 amide bonds. The molecule has 1 unspecified atom stereocenters. The van der Waals surface area contributed by atoms with Crippen molar-refractivity contribution in [1.82, 2.24) is 4.57 Å². The van der Waals surface area contributed by atoms with E-state index in [4.69, 9.17) is 25.8 Å². The average Bonchev–Trinajstić information content (AvgIpc) is 3.26. The number of esters is 1. The highest BCUT2D eigenvalue weighted by Gasteiger charge is 2.33. The summed E-state index contributed by atoms with van der Waals surface area (Å²) in [6.07, 6.45) is 1.78. The van der Waals surface area contributed by atoms with Crippen LogP contribution in [0.2, 0.25) is 5.02 Å². The minimum atomic E-state index is -0.654. The average molecular weight is 654 g/mol. The van der Waals surface area contributed by atoms with E-state index in [9.17, 15) is 9.59 Å². The lowest BCUT2D eigenvalue weighted by Gasteiger charge is -2.24. The lowest BCUT2D eigenvalue weighted by Crippen LogP contribution is -2.39. The molecule has 2 heterocycles. The first-order chi connectivity index (χ1) is 19.8. The van der Waals surface area contributed by atoms with Crippen LogP contribution in [0.25, 0.3) is 6.08 Å². The van der Waals surface area contributed by atoms with E-state index < -0.39 is 12.0 Å². The van der Waals surface area contributed by atoms with E-state index in [-0.39, 0.29) is 12.2 Å². The minimum Gasteiger partial charge on any atom is -0.493 e. The van der Waals surface area contributed by atoms with Gasteiger partial charge in [0, 0.05) is 5.02 Å². The van der Waals surface area contributed by atoms with Gasteiger partial charge in [0.05, 0.1) is 40.0 Å². The van der Waals surface area contributed by atoms with E-state index in [2.05, 4.69) is 20.9 Å². The maximum atomic E-state index is 13.9. The largest absolute Gasteiger partial charge is 0.493 e. The number of aromatic nitrogens is 1. The first-order valence-electron chi connectivity index (χ1n) is 12.8. The number of carbonyl (C=O) groups excluding carboxylic acids is 1. The number of ether oxygens (including phenoxy) is 3. The van der Waals surface area contributed by atoms with Crippen LogP contribution in [-0.2, 0) is 16.1 Å². The Morgan fingerprint density at radius 3 is 2.56 bits per heavy atom. The topological polar surface area (TPSA) is 79.1 Å². The molecule has 210 valence electrons. The predicted molar refractivity (Wildman–Crippen MR) is 163 cm³/mol. The molecule has 10 heteroatoms. The molecule has 3 aromatic carbocycles. The maximum Gasteiger partial charge on any atom is 0.338 e. The van der Waals surface area contributed by atoms with E-state index in [1.165, 1.54) is 11.3 Å². The third-order valence-corrected chi connectivity index (χ3v) is 8.30. The van der Waals surface area contributed by atoms with Crippen molar-refractivity contribution in [2.75, 3.05) is 13.7 Å². The van der Waals surface area contributed by atoms with Crippen LogP contribution >= 0.6 is 38.9 Å². The highest BCUT2D eigenvalue weighted by Crippen LogP contribution is 2.37. The number of allylic oxidation sites excluding steroid dienone is 1. The summed E-state index contributed by atoms with van der Waals surface area (Å²) in [5, 5.41) is 0.657. The number of hydrogen-bond donors (Lipinski definition) is 0. The molecule has 0 fully saturated rings. The van der Waals surface area contributed by atoms with Gasteiger partial charge in [0.2, 0.25) is 0 Å². The zero-order valence-electron chi connectivity index (χ0n) is 22.5. The van der Waals surface area contributed by atoms with Crippen LogP contribution in [0.3, 0.4) is 0 Å². The molecule has 0 saturated carbocycles. The number of benzene rings is 3. The van der Waals surface area contributed by atoms with Gasteiger partial charge in [0.15, 0.2) is 16.3 Å². The molecule has 0 spiro atoms. The van der Waals surface area contributed by atoms with Crippen molar-refractivity contribution in [1.29, 1.82) is 0 Å². The molecule has 5 rings (SSSR count). The summed E-state index contributed by atoms with van der Waals surface area (Å²) in [4.78, 5) is 32.0. The number of halogens is 2. The lowest BCUT2D eigenvalue weighted by atomic mass is 9.96. The molecule has 0 N–H and O–H groups in total. The van der Waals surface area contributed by atoms with Gasteiger partial charge in [-0.3, -0.25) is 9.36 Å². The molecule has 1 aliphatic heterocycles. The summed E-state index contributed by atoms with van der Waals surface area (Å²) in [6, 6.07) is 19.9. The van der Waals surface area contributed by atoms with Gasteiger partial charge in [-0.25, -0.2) is 9.79 Å². The number of fused-ring (bicyclic) bond motifs is 1. The summed E-state index contributed by atoms with van der Waals surface area (Å²) >= 11 is 10.8. The highest BCUT2D eigenvalue weighted by molar-refractivity contribution is 9.10. The van der Waals surface area contributed by atoms with Gasteiger partial charge in [-0.15, -0.1) is 0 Å². The Hall–Kier alpha value is -3.66. The van der Waals surface area contributed by atoms with Crippen LogP contribution < -0.4 is 24.4 Å². The molecule has 0 bridgehead atoms. The summed E-state index contributed by atoms with van der Waals surface area (Å²) in [5.41, 5.74) is 3.11. The van der Waals surface area contributed by atoms with Crippen molar-refractivity contribution in [3.8, 4) is 11.5 Å². The fourth-order valence-electron chi connectivity index (χ4n) is 4.59. The Kier molecular flexibility index (Phi) is 8.77. The summed E-state index contributed by atoms with van der Waals surface area (Å²) in [5.74, 6) is 0.564. The van der Waals surface area contributed by atoms with E-state index >= 15 is 0 Å². The molecule has 0 saturated heterocycles. The van der Waals surface area contributed by atoms with E-state index in [0.717, 1.165) is 16.7 Å². The molecule has 1 atom stereocenters. The van der Waals surface area contributed by atoms with Crippen molar-refractivity contribution in [2.45, 2.75) is 26.5 Å². The molecule has 1 aliphatic rings. The second kappa shape index (κ2) is 12.5. The molecular formula is C31H26BrClN2O5S. The Morgan fingerprint density at radius 2 is 1.88 bits per heavy atom. The summed E-state index contributed by atoms with van der Waals surface area (Å²) in [7, 11) is 1.56. The van der Waals surface area contributed by atoms with Crippen molar-refractivity contribution < 1.29 is 19.0 Å². The zero-order chi connectivity index (χ0) is 29.1. The molecule has 41 heavy (non-hydrogen) atoms. The second-order valence-electron chi connectivity index (χ2n) is 9.16. The number of methoxy groups -OCH3 is 1. The lowest BCUT2D eigenvalue weighted by molar-refractivity contribution is -0.139. The summed E-state index contributed by atoms with van der Waals surface area (Å²) < 4.78 is 19.7. The van der Waals surface area contributed by atoms with Crippen molar-refractivity contribution in [3.63, 3.8) is 0 Å². The fraction of sp³-hybridized carbons (Fsp3) is 0.194. The highest BCUT2D eigenvalue weighted by atomic mass is 79.9. The number of rotatable bonds is 8. The van der Waals surface area contributed by atoms with Crippen LogP contribution in [-0.4, -0.2) is 24.3 Å². The molecule has 1 aromatic heterocycles. The minimum absolute atomic E-state index is 0.220. The summed E-state index contributed by atoms with van der Waals surface area (Å²) in [6.45, 7) is 4.06. The predicted octanol–water partition coefficient (Wildman–Crippen LogP) is 5.80. The van der Waals surface area contributed by atoms with Gasteiger partial charge >= 0.3 is 5.97 Å². The first kappa shape index (κ1) is 28.9. The van der Waals surface area contributed by atoms with Gasteiger partial charge in [-0.05, 0) is 76.8 Å². The van der Waals surface area contributed by atoms with Gasteiger partial charge in [0.1, 0.15) is 6.61 Å². The number of thiazole rings is 1. The molecule has 0 radical (unpaired) electrons. The van der Waals surface area contributed by atoms with Gasteiger partial charge in [-0.2, -0.15) is 0 Å². The van der Waals surface area contributed by atoms with E-state index in [0.29, 0.717) is 48.2 Å². The standard InChI is InChI=1S/C31H26BrClN2O5S/c1-4-39-30(37)26-18(2)34-31-35(27(26)21-8-6-5-7-9-21)29(36)25(41-31)16-20-14-23(32)28(24(15-20)38-3)40-17-19-10-12-22(33)13-11-19/h5-16,27H,4,17H2,1-3H3/b25-16-. The van der Waals surface area contributed by atoms with Crippen molar-refractivity contribution in [2.24, 2.45) is 4.99 Å².